The molecule has 1 fully saturated rings. The third kappa shape index (κ3) is 6.75. The minimum atomic E-state index is -0.579. The van der Waals surface area contributed by atoms with Crippen LogP contribution >= 0.6 is 0 Å². The van der Waals surface area contributed by atoms with Crippen molar-refractivity contribution in [2.24, 2.45) is 0 Å². The fourth-order valence-electron chi connectivity index (χ4n) is 5.64. The van der Waals surface area contributed by atoms with Gasteiger partial charge in [0.1, 0.15) is 5.60 Å². The Hall–Kier alpha value is -3.34. The molecule has 0 bridgehead atoms. The molecule has 3 aromatic carbocycles. The van der Waals surface area contributed by atoms with Crippen molar-refractivity contribution in [2.45, 2.75) is 96.9 Å². The molecule has 202 valence electrons. The lowest BCUT2D eigenvalue weighted by Crippen LogP contribution is -2.44. The number of esters is 1. The molecule has 38 heavy (non-hydrogen) atoms. The van der Waals surface area contributed by atoms with Crippen molar-refractivity contribution in [1.82, 2.24) is 4.90 Å². The van der Waals surface area contributed by atoms with Crippen LogP contribution in [0.3, 0.4) is 0 Å². The zero-order chi connectivity index (χ0) is 27.4. The Bertz CT molecular complexity index is 1270. The van der Waals surface area contributed by atoms with E-state index >= 15 is 0 Å². The summed E-state index contributed by atoms with van der Waals surface area (Å²) in [5.41, 5.74) is 2.72. The maximum Gasteiger partial charge on any atom is 0.411 e. The van der Waals surface area contributed by atoms with E-state index in [1.807, 2.05) is 63.8 Å². The standard InChI is InChI=1S/C33H41NO4/c1-22(2)37-31(35)20-24-11-9-14-26(19-24)27-17-18-28(21-27)34(32(36)38-33(4,5)6)23(3)29-16-10-13-25-12-7-8-15-30(25)29/h7-16,19,22-23,27-28H,17-18,20-21H2,1-6H3/t23-,27-,28+/m1/s1. The molecule has 0 aliphatic heterocycles. The zero-order valence-corrected chi connectivity index (χ0v) is 23.6. The third-order valence-corrected chi connectivity index (χ3v) is 7.23. The molecular weight excluding hydrogens is 474 g/mol. The van der Waals surface area contributed by atoms with Crippen LogP contribution < -0.4 is 0 Å². The van der Waals surface area contributed by atoms with Crippen molar-refractivity contribution in [2.75, 3.05) is 0 Å². The zero-order valence-electron chi connectivity index (χ0n) is 23.6. The number of hydrogen-bond acceptors (Lipinski definition) is 4. The molecule has 0 spiro atoms. The van der Waals surface area contributed by atoms with E-state index in [2.05, 4.69) is 49.4 Å². The first-order valence-electron chi connectivity index (χ1n) is 13.8. The van der Waals surface area contributed by atoms with E-state index in [-0.39, 0.29) is 36.7 Å². The topological polar surface area (TPSA) is 55.8 Å². The van der Waals surface area contributed by atoms with Crippen molar-refractivity contribution in [1.29, 1.82) is 0 Å². The molecule has 5 nitrogen and oxygen atoms in total. The molecule has 0 heterocycles. The molecule has 1 amide bonds. The van der Waals surface area contributed by atoms with Crippen LogP contribution in [-0.2, 0) is 20.7 Å². The van der Waals surface area contributed by atoms with Crippen LogP contribution in [-0.4, -0.2) is 34.7 Å². The van der Waals surface area contributed by atoms with Gasteiger partial charge in [-0.15, -0.1) is 0 Å². The number of hydrogen-bond donors (Lipinski definition) is 0. The lowest BCUT2D eigenvalue weighted by atomic mass is 9.94. The van der Waals surface area contributed by atoms with Gasteiger partial charge >= 0.3 is 12.1 Å². The first-order chi connectivity index (χ1) is 18.0. The molecule has 0 aromatic heterocycles. The van der Waals surface area contributed by atoms with Gasteiger partial charge in [-0.2, -0.15) is 0 Å². The van der Waals surface area contributed by atoms with Crippen molar-refractivity contribution < 1.29 is 19.1 Å². The summed E-state index contributed by atoms with van der Waals surface area (Å²) in [6.45, 7) is 11.6. The van der Waals surface area contributed by atoms with Gasteiger partial charge in [0, 0.05) is 6.04 Å². The lowest BCUT2D eigenvalue weighted by Gasteiger charge is -2.37. The van der Waals surface area contributed by atoms with Crippen LogP contribution in [0.15, 0.2) is 66.7 Å². The predicted octanol–water partition coefficient (Wildman–Crippen LogP) is 7.97. The largest absolute Gasteiger partial charge is 0.463 e. The second kappa shape index (κ2) is 11.6. The molecule has 1 aliphatic rings. The summed E-state index contributed by atoms with van der Waals surface area (Å²) in [5.74, 6) is 0.104. The summed E-state index contributed by atoms with van der Waals surface area (Å²) < 4.78 is 11.3. The smallest absolute Gasteiger partial charge is 0.411 e. The van der Waals surface area contributed by atoms with Crippen LogP contribution in [0.25, 0.3) is 10.8 Å². The number of carbonyl (C=O) groups is 2. The predicted molar refractivity (Wildman–Crippen MR) is 152 cm³/mol. The Kier molecular flexibility index (Phi) is 8.44. The SMILES string of the molecule is CC(C)OC(=O)Cc1cccc([C@@H]2CC[C@H](N(C(=O)OC(C)(C)C)[C@H](C)c3cccc4ccccc34)C2)c1. The highest BCUT2D eigenvalue weighted by molar-refractivity contribution is 5.86. The highest BCUT2D eigenvalue weighted by atomic mass is 16.6. The van der Waals surface area contributed by atoms with E-state index < -0.39 is 5.60 Å². The van der Waals surface area contributed by atoms with Crippen molar-refractivity contribution in [3.63, 3.8) is 0 Å². The number of amides is 1. The summed E-state index contributed by atoms with van der Waals surface area (Å²) in [6, 6.07) is 22.8. The average molecular weight is 516 g/mol. The normalized spacial score (nSPS) is 18.4. The van der Waals surface area contributed by atoms with E-state index in [1.165, 1.54) is 5.56 Å². The Labute approximate surface area is 227 Å². The Morgan fingerprint density at radius 3 is 2.39 bits per heavy atom. The van der Waals surface area contributed by atoms with Crippen molar-refractivity contribution in [3.05, 3.63) is 83.4 Å². The van der Waals surface area contributed by atoms with Gasteiger partial charge in [-0.05, 0) is 94.2 Å². The molecule has 0 saturated heterocycles. The molecule has 1 aliphatic carbocycles. The molecule has 5 heteroatoms. The van der Waals surface area contributed by atoms with Crippen LogP contribution in [0, 0.1) is 0 Å². The number of carbonyl (C=O) groups excluding carboxylic acids is 2. The maximum atomic E-state index is 13.7. The van der Waals surface area contributed by atoms with Gasteiger partial charge in [0.05, 0.1) is 18.6 Å². The van der Waals surface area contributed by atoms with Crippen LogP contribution in [0.4, 0.5) is 4.79 Å². The van der Waals surface area contributed by atoms with Gasteiger partial charge in [0.2, 0.25) is 0 Å². The van der Waals surface area contributed by atoms with E-state index in [0.717, 1.165) is 41.2 Å². The van der Waals surface area contributed by atoms with Crippen molar-refractivity contribution >= 4 is 22.8 Å². The molecule has 0 unspecified atom stereocenters. The third-order valence-electron chi connectivity index (χ3n) is 7.23. The van der Waals surface area contributed by atoms with Gasteiger partial charge in [-0.25, -0.2) is 4.79 Å². The number of rotatable bonds is 7. The lowest BCUT2D eigenvalue weighted by molar-refractivity contribution is -0.146. The molecule has 4 rings (SSSR count). The first kappa shape index (κ1) is 27.7. The first-order valence-corrected chi connectivity index (χ1v) is 13.8. The van der Waals surface area contributed by atoms with Gasteiger partial charge < -0.3 is 9.47 Å². The van der Waals surface area contributed by atoms with E-state index in [9.17, 15) is 9.59 Å². The van der Waals surface area contributed by atoms with Crippen LogP contribution in [0.2, 0.25) is 0 Å². The minimum Gasteiger partial charge on any atom is -0.463 e. The Morgan fingerprint density at radius 1 is 0.947 bits per heavy atom. The van der Waals surface area contributed by atoms with Gasteiger partial charge in [-0.1, -0.05) is 66.7 Å². The summed E-state index contributed by atoms with van der Waals surface area (Å²) in [5, 5.41) is 2.32. The molecule has 0 radical (unpaired) electrons. The minimum absolute atomic E-state index is 0.0541. The maximum absolute atomic E-state index is 13.7. The second-order valence-corrected chi connectivity index (χ2v) is 11.8. The van der Waals surface area contributed by atoms with Crippen molar-refractivity contribution in [3.8, 4) is 0 Å². The number of fused-ring (bicyclic) bond motifs is 1. The fraction of sp³-hybridized carbons (Fsp3) is 0.455. The Balaban J connectivity index is 1.58. The average Bonchev–Trinajstić information content (AvgIpc) is 3.32. The summed E-state index contributed by atoms with van der Waals surface area (Å²) in [4.78, 5) is 27.8. The number of benzene rings is 3. The Morgan fingerprint density at radius 2 is 1.66 bits per heavy atom. The van der Waals surface area contributed by atoms with E-state index in [0.29, 0.717) is 5.92 Å². The molecule has 1 saturated carbocycles. The molecule has 3 aromatic rings. The van der Waals surface area contributed by atoms with Gasteiger partial charge in [-0.3, -0.25) is 9.69 Å². The van der Waals surface area contributed by atoms with E-state index in [4.69, 9.17) is 9.47 Å². The quantitative estimate of drug-likeness (QED) is 0.299. The summed E-state index contributed by atoms with van der Waals surface area (Å²) in [7, 11) is 0. The van der Waals surface area contributed by atoms with Gasteiger partial charge in [0.15, 0.2) is 0 Å². The number of ether oxygens (including phenoxy) is 2. The van der Waals surface area contributed by atoms with E-state index in [1.54, 1.807) is 0 Å². The molecular formula is C33H41NO4. The highest BCUT2D eigenvalue weighted by Gasteiger charge is 2.38. The summed E-state index contributed by atoms with van der Waals surface area (Å²) >= 11 is 0. The van der Waals surface area contributed by atoms with Crippen LogP contribution in [0.5, 0.6) is 0 Å². The second-order valence-electron chi connectivity index (χ2n) is 11.8. The fourth-order valence-corrected chi connectivity index (χ4v) is 5.64. The monoisotopic (exact) mass is 515 g/mol. The van der Waals surface area contributed by atoms with Gasteiger partial charge in [0.25, 0.3) is 0 Å². The molecule has 0 N–H and O–H groups in total. The van der Waals surface area contributed by atoms with Crippen LogP contribution in [0.1, 0.15) is 89.5 Å². The molecule has 3 atom stereocenters. The number of nitrogens with zero attached hydrogens (tertiary/aromatic N) is 1. The highest BCUT2D eigenvalue weighted by Crippen LogP contribution is 2.41. The summed E-state index contributed by atoms with van der Waals surface area (Å²) in [6.07, 6.45) is 2.61.